The summed E-state index contributed by atoms with van der Waals surface area (Å²) >= 11 is 6.35. The summed E-state index contributed by atoms with van der Waals surface area (Å²) < 4.78 is 28.5. The van der Waals surface area contributed by atoms with Gasteiger partial charge in [0.15, 0.2) is 0 Å². The van der Waals surface area contributed by atoms with E-state index in [-0.39, 0.29) is 11.4 Å². The first kappa shape index (κ1) is 26.4. The van der Waals surface area contributed by atoms with E-state index in [0.29, 0.717) is 21.8 Å². The standard InChI is InChI=1S/C32H35ClN2O3S/c1-21-3-11-29(12-4-21)39(37,38)35(28-10-5-22(2)30(33)16-28)20-31(36)34-27-8-6-26(7-9-27)32-17-23-13-24(18-32)15-25(14-23)19-32/h3-12,16,23-25H,13-15,17-20H2,1-2H3,(H,34,36). The number of carbonyl (C=O) groups is 1. The molecule has 0 heterocycles. The first-order valence-corrected chi connectivity index (χ1v) is 15.7. The highest BCUT2D eigenvalue weighted by Gasteiger charge is 2.51. The number of hydrogen-bond donors (Lipinski definition) is 1. The Morgan fingerprint density at radius 1 is 0.897 bits per heavy atom. The number of benzene rings is 3. The van der Waals surface area contributed by atoms with Crippen molar-refractivity contribution in [2.75, 3.05) is 16.2 Å². The van der Waals surface area contributed by atoms with Crippen LogP contribution in [-0.4, -0.2) is 20.9 Å². The fourth-order valence-electron chi connectivity index (χ4n) is 7.59. The molecule has 7 rings (SSSR count). The van der Waals surface area contributed by atoms with Crippen LogP contribution in [0.1, 0.15) is 55.2 Å². The first-order valence-electron chi connectivity index (χ1n) is 13.9. The summed E-state index contributed by atoms with van der Waals surface area (Å²) in [7, 11) is -4.01. The second-order valence-corrected chi connectivity index (χ2v) is 14.4. The molecule has 4 bridgehead atoms. The van der Waals surface area contributed by atoms with E-state index in [1.165, 1.54) is 44.1 Å². The van der Waals surface area contributed by atoms with Gasteiger partial charge in [0.05, 0.1) is 10.6 Å². The third kappa shape index (κ3) is 5.09. The van der Waals surface area contributed by atoms with Crippen molar-refractivity contribution in [2.45, 2.75) is 62.7 Å². The van der Waals surface area contributed by atoms with E-state index in [9.17, 15) is 13.2 Å². The smallest absolute Gasteiger partial charge is 0.264 e. The van der Waals surface area contributed by atoms with Gasteiger partial charge in [-0.2, -0.15) is 0 Å². The highest BCUT2D eigenvalue weighted by atomic mass is 35.5. The van der Waals surface area contributed by atoms with Crippen molar-refractivity contribution in [2.24, 2.45) is 17.8 Å². The predicted molar refractivity (Wildman–Crippen MR) is 157 cm³/mol. The number of anilines is 2. The van der Waals surface area contributed by atoms with Crippen molar-refractivity contribution in [3.8, 4) is 0 Å². The molecule has 4 aliphatic rings. The van der Waals surface area contributed by atoms with Gasteiger partial charge in [-0.15, -0.1) is 0 Å². The molecule has 0 spiro atoms. The number of nitrogens with zero attached hydrogens (tertiary/aromatic N) is 1. The van der Waals surface area contributed by atoms with Gasteiger partial charge in [0.1, 0.15) is 6.54 Å². The number of carbonyl (C=O) groups excluding carboxylic acids is 1. The molecule has 1 N–H and O–H groups in total. The summed E-state index contributed by atoms with van der Waals surface area (Å²) in [4.78, 5) is 13.4. The molecule has 0 unspecified atom stereocenters. The minimum absolute atomic E-state index is 0.123. The topological polar surface area (TPSA) is 66.5 Å². The molecular formula is C32H35ClN2O3S. The van der Waals surface area contributed by atoms with Crippen LogP contribution in [-0.2, 0) is 20.2 Å². The summed E-state index contributed by atoms with van der Waals surface area (Å²) in [5.41, 5.74) is 4.48. The second-order valence-electron chi connectivity index (χ2n) is 12.1. The zero-order chi connectivity index (χ0) is 27.4. The summed E-state index contributed by atoms with van der Waals surface area (Å²) in [6.07, 6.45) is 8.08. The molecule has 3 aromatic rings. The Hall–Kier alpha value is -2.83. The van der Waals surface area contributed by atoms with E-state index in [1.54, 1.807) is 42.5 Å². The lowest BCUT2D eigenvalue weighted by atomic mass is 9.48. The van der Waals surface area contributed by atoms with Gasteiger partial charge in [0.25, 0.3) is 10.0 Å². The lowest BCUT2D eigenvalue weighted by molar-refractivity contribution is -0.114. The molecule has 5 nitrogen and oxygen atoms in total. The van der Waals surface area contributed by atoms with Crippen LogP contribution < -0.4 is 9.62 Å². The second kappa shape index (κ2) is 9.97. The van der Waals surface area contributed by atoms with Gasteiger partial charge < -0.3 is 5.32 Å². The van der Waals surface area contributed by atoms with Gasteiger partial charge in [-0.25, -0.2) is 8.42 Å². The van der Waals surface area contributed by atoms with Gasteiger partial charge in [-0.1, -0.05) is 47.5 Å². The minimum atomic E-state index is -4.01. The third-order valence-corrected chi connectivity index (χ3v) is 11.4. The van der Waals surface area contributed by atoms with Crippen molar-refractivity contribution in [3.63, 3.8) is 0 Å². The molecule has 39 heavy (non-hydrogen) atoms. The molecule has 4 aliphatic carbocycles. The average molecular weight is 563 g/mol. The number of halogens is 1. The Morgan fingerprint density at radius 2 is 1.49 bits per heavy atom. The Kier molecular flexibility index (Phi) is 6.75. The maximum Gasteiger partial charge on any atom is 0.264 e. The van der Waals surface area contributed by atoms with Crippen LogP contribution in [0.5, 0.6) is 0 Å². The van der Waals surface area contributed by atoms with E-state index in [0.717, 1.165) is 33.2 Å². The molecule has 204 valence electrons. The summed E-state index contributed by atoms with van der Waals surface area (Å²) in [6.45, 7) is 3.38. The van der Waals surface area contributed by atoms with Crippen molar-refractivity contribution < 1.29 is 13.2 Å². The van der Waals surface area contributed by atoms with Crippen LogP contribution in [0.25, 0.3) is 0 Å². The van der Waals surface area contributed by atoms with Gasteiger partial charge in [0.2, 0.25) is 5.91 Å². The molecule has 1 amide bonds. The van der Waals surface area contributed by atoms with E-state index in [1.807, 2.05) is 26.0 Å². The maximum atomic E-state index is 13.7. The van der Waals surface area contributed by atoms with Gasteiger partial charge in [0, 0.05) is 10.7 Å². The molecule has 0 radical (unpaired) electrons. The lowest BCUT2D eigenvalue weighted by Gasteiger charge is -2.57. The normalized spacial score (nSPS) is 25.5. The van der Waals surface area contributed by atoms with E-state index >= 15 is 0 Å². The van der Waals surface area contributed by atoms with Crippen LogP contribution in [0.4, 0.5) is 11.4 Å². The predicted octanol–water partition coefficient (Wildman–Crippen LogP) is 7.26. The molecule has 4 fully saturated rings. The summed E-state index contributed by atoms with van der Waals surface area (Å²) in [5, 5.41) is 3.37. The third-order valence-electron chi connectivity index (χ3n) is 9.16. The number of nitrogens with one attached hydrogen (secondary N) is 1. The van der Waals surface area contributed by atoms with Gasteiger partial charge in [-0.3, -0.25) is 9.10 Å². The van der Waals surface area contributed by atoms with E-state index in [4.69, 9.17) is 11.6 Å². The molecule has 7 heteroatoms. The highest BCUT2D eigenvalue weighted by molar-refractivity contribution is 7.92. The Labute approximate surface area is 236 Å². The first-order chi connectivity index (χ1) is 18.6. The molecule has 0 aliphatic heterocycles. The Morgan fingerprint density at radius 3 is 2.05 bits per heavy atom. The number of amides is 1. The molecule has 4 saturated carbocycles. The van der Waals surface area contributed by atoms with Crippen LogP contribution in [0.15, 0.2) is 71.6 Å². The van der Waals surface area contributed by atoms with Crippen LogP contribution in [0.3, 0.4) is 0 Å². The van der Waals surface area contributed by atoms with Crippen molar-refractivity contribution in [1.82, 2.24) is 0 Å². The van der Waals surface area contributed by atoms with Crippen molar-refractivity contribution in [3.05, 3.63) is 88.4 Å². The van der Waals surface area contributed by atoms with Gasteiger partial charge >= 0.3 is 0 Å². The average Bonchev–Trinajstić information content (AvgIpc) is 2.89. The summed E-state index contributed by atoms with van der Waals surface area (Å²) in [5.74, 6) is 2.19. The van der Waals surface area contributed by atoms with Crippen LogP contribution in [0.2, 0.25) is 5.02 Å². The number of rotatable bonds is 7. The van der Waals surface area contributed by atoms with E-state index in [2.05, 4.69) is 17.4 Å². The van der Waals surface area contributed by atoms with Crippen molar-refractivity contribution >= 4 is 38.9 Å². The number of hydrogen-bond acceptors (Lipinski definition) is 3. The molecule has 0 aromatic heterocycles. The molecule has 0 atom stereocenters. The molecule has 0 saturated heterocycles. The highest BCUT2D eigenvalue weighted by Crippen LogP contribution is 2.60. The SMILES string of the molecule is Cc1ccc(S(=O)(=O)N(CC(=O)Nc2ccc(C34CC5CC(CC(C5)C3)C4)cc2)c2ccc(C)c(Cl)c2)cc1. The van der Waals surface area contributed by atoms with E-state index < -0.39 is 15.9 Å². The minimum Gasteiger partial charge on any atom is -0.325 e. The molecular weight excluding hydrogens is 528 g/mol. The molecule has 3 aromatic carbocycles. The van der Waals surface area contributed by atoms with Crippen LogP contribution in [0, 0.1) is 31.6 Å². The maximum absolute atomic E-state index is 13.7. The lowest BCUT2D eigenvalue weighted by Crippen LogP contribution is -2.48. The van der Waals surface area contributed by atoms with Gasteiger partial charge in [-0.05, 0) is 123 Å². The fourth-order valence-corrected chi connectivity index (χ4v) is 9.18. The van der Waals surface area contributed by atoms with Crippen molar-refractivity contribution in [1.29, 1.82) is 0 Å². The zero-order valence-corrected chi connectivity index (χ0v) is 24.1. The quantitative estimate of drug-likeness (QED) is 0.329. The fraction of sp³-hybridized carbons (Fsp3) is 0.406. The Bertz CT molecular complexity index is 1460. The zero-order valence-electron chi connectivity index (χ0n) is 22.5. The summed E-state index contributed by atoms with van der Waals surface area (Å²) in [6, 6.07) is 19.9. The largest absolute Gasteiger partial charge is 0.325 e. The monoisotopic (exact) mass is 562 g/mol. The van der Waals surface area contributed by atoms with Crippen LogP contribution >= 0.6 is 11.6 Å². The Balaban J connectivity index is 1.22. The number of sulfonamides is 1. The number of aryl methyl sites for hydroxylation is 2.